The normalized spacial score (nSPS) is 23.1. The van der Waals surface area contributed by atoms with Crippen LogP contribution in [-0.2, 0) is 0 Å². The molecule has 1 heterocycles. The fourth-order valence-electron chi connectivity index (χ4n) is 2.04. The summed E-state index contributed by atoms with van der Waals surface area (Å²) in [6.45, 7) is 3.49. The molecule has 1 unspecified atom stereocenters. The summed E-state index contributed by atoms with van der Waals surface area (Å²) in [7, 11) is 0. The van der Waals surface area contributed by atoms with Crippen LogP contribution in [0.25, 0.3) is 0 Å². The number of nitro benzene ring substituents is 1. The highest BCUT2D eigenvalue weighted by molar-refractivity contribution is 9.10. The molecule has 0 aromatic heterocycles. The number of hydrogen-bond acceptors (Lipinski definition) is 4. The largest absolute Gasteiger partial charge is 0.373 e. The van der Waals surface area contributed by atoms with Crippen molar-refractivity contribution in [1.29, 1.82) is 0 Å². The lowest BCUT2D eigenvalue weighted by atomic mass is 10.0. The first-order chi connectivity index (χ1) is 8.41. The zero-order chi connectivity index (χ0) is 13.3. The van der Waals surface area contributed by atoms with Gasteiger partial charge < -0.3 is 10.6 Å². The van der Waals surface area contributed by atoms with E-state index in [4.69, 9.17) is 0 Å². The maximum Gasteiger partial charge on any atom is 0.293 e. The van der Waals surface area contributed by atoms with E-state index in [1.807, 2.05) is 6.92 Å². The van der Waals surface area contributed by atoms with Crippen LogP contribution in [0.5, 0.6) is 0 Å². The van der Waals surface area contributed by atoms with E-state index in [0.717, 1.165) is 19.0 Å². The molecular weight excluding hydrogens is 305 g/mol. The van der Waals surface area contributed by atoms with Gasteiger partial charge in [-0.2, -0.15) is 0 Å². The number of hydrogen-bond donors (Lipinski definition) is 2. The molecule has 2 N–H and O–H groups in total. The van der Waals surface area contributed by atoms with Crippen LogP contribution in [0.4, 0.5) is 15.8 Å². The minimum atomic E-state index is -0.516. The van der Waals surface area contributed by atoms with Gasteiger partial charge in [-0.05, 0) is 35.8 Å². The molecule has 0 bridgehead atoms. The summed E-state index contributed by atoms with van der Waals surface area (Å²) in [6, 6.07) is 2.34. The summed E-state index contributed by atoms with van der Waals surface area (Å²) in [6.07, 6.45) is 0.835. The smallest absolute Gasteiger partial charge is 0.293 e. The van der Waals surface area contributed by atoms with Crippen molar-refractivity contribution in [2.45, 2.75) is 18.9 Å². The first-order valence-electron chi connectivity index (χ1n) is 5.54. The molecule has 1 fully saturated rings. The number of nitrogens with one attached hydrogen (secondary N) is 2. The number of halogens is 2. The van der Waals surface area contributed by atoms with Crippen molar-refractivity contribution in [3.05, 3.63) is 32.5 Å². The Bertz CT molecular complexity index is 489. The molecule has 1 aliphatic rings. The van der Waals surface area contributed by atoms with E-state index >= 15 is 0 Å². The van der Waals surface area contributed by atoms with E-state index in [0.29, 0.717) is 6.54 Å². The maximum atomic E-state index is 13.5. The highest BCUT2D eigenvalue weighted by Crippen LogP contribution is 2.33. The number of nitro groups is 1. The second kappa shape index (κ2) is 4.81. The zero-order valence-corrected chi connectivity index (χ0v) is 11.4. The van der Waals surface area contributed by atoms with E-state index < -0.39 is 10.7 Å². The van der Waals surface area contributed by atoms with E-state index in [9.17, 15) is 14.5 Å². The van der Waals surface area contributed by atoms with Crippen molar-refractivity contribution in [3.8, 4) is 0 Å². The Labute approximate surface area is 112 Å². The van der Waals surface area contributed by atoms with Crippen LogP contribution in [0.15, 0.2) is 16.6 Å². The van der Waals surface area contributed by atoms with E-state index in [-0.39, 0.29) is 21.4 Å². The Morgan fingerprint density at radius 1 is 1.61 bits per heavy atom. The lowest BCUT2D eigenvalue weighted by Gasteiger charge is -2.25. The van der Waals surface area contributed by atoms with Crippen molar-refractivity contribution in [2.75, 3.05) is 18.4 Å². The summed E-state index contributed by atoms with van der Waals surface area (Å²) in [5, 5.41) is 17.2. The molecule has 1 saturated heterocycles. The quantitative estimate of drug-likeness (QED) is 0.664. The Kier molecular flexibility index (Phi) is 3.54. The van der Waals surface area contributed by atoms with Gasteiger partial charge in [-0.15, -0.1) is 0 Å². The van der Waals surface area contributed by atoms with E-state index in [1.165, 1.54) is 6.07 Å². The van der Waals surface area contributed by atoms with Crippen molar-refractivity contribution >= 4 is 27.3 Å². The van der Waals surface area contributed by atoms with E-state index in [1.54, 1.807) is 0 Å². The molecule has 1 atom stereocenters. The summed E-state index contributed by atoms with van der Waals surface area (Å²) >= 11 is 2.96. The Balaban J connectivity index is 2.36. The molecule has 2 rings (SSSR count). The maximum absolute atomic E-state index is 13.5. The van der Waals surface area contributed by atoms with Gasteiger partial charge in [0.1, 0.15) is 11.5 Å². The molecule has 18 heavy (non-hydrogen) atoms. The molecule has 1 aromatic rings. The van der Waals surface area contributed by atoms with Crippen LogP contribution in [0.3, 0.4) is 0 Å². The summed E-state index contributed by atoms with van der Waals surface area (Å²) in [5.74, 6) is -0.516. The Morgan fingerprint density at radius 3 is 2.89 bits per heavy atom. The monoisotopic (exact) mass is 317 g/mol. The van der Waals surface area contributed by atoms with Gasteiger partial charge in [0, 0.05) is 24.2 Å². The van der Waals surface area contributed by atoms with Crippen LogP contribution < -0.4 is 10.6 Å². The molecule has 1 aliphatic heterocycles. The van der Waals surface area contributed by atoms with Crippen LogP contribution in [0.2, 0.25) is 0 Å². The number of anilines is 1. The third-order valence-electron chi connectivity index (χ3n) is 3.04. The summed E-state index contributed by atoms with van der Waals surface area (Å²) in [5.41, 5.74) is -0.200. The molecule has 1 aromatic carbocycles. The van der Waals surface area contributed by atoms with Gasteiger partial charge in [-0.25, -0.2) is 4.39 Å². The molecular formula is C11H13BrFN3O2. The average molecular weight is 318 g/mol. The van der Waals surface area contributed by atoms with Crippen molar-refractivity contribution < 1.29 is 9.31 Å². The van der Waals surface area contributed by atoms with E-state index in [2.05, 4.69) is 26.6 Å². The third-order valence-corrected chi connectivity index (χ3v) is 3.65. The molecule has 7 heteroatoms. The van der Waals surface area contributed by atoms with Gasteiger partial charge in [-0.3, -0.25) is 10.1 Å². The Morgan fingerprint density at radius 2 is 2.33 bits per heavy atom. The van der Waals surface area contributed by atoms with Crippen LogP contribution >= 0.6 is 15.9 Å². The highest BCUT2D eigenvalue weighted by atomic mass is 79.9. The second-order valence-electron chi connectivity index (χ2n) is 4.65. The Hall–Kier alpha value is -1.21. The van der Waals surface area contributed by atoms with Crippen LogP contribution in [0, 0.1) is 15.9 Å². The zero-order valence-electron chi connectivity index (χ0n) is 9.80. The predicted molar refractivity (Wildman–Crippen MR) is 70.3 cm³/mol. The number of nitrogens with zero attached hydrogens (tertiary/aromatic N) is 1. The molecule has 0 radical (unpaired) electrons. The molecule has 0 aliphatic carbocycles. The van der Waals surface area contributed by atoms with Gasteiger partial charge in [0.05, 0.1) is 9.40 Å². The van der Waals surface area contributed by atoms with Gasteiger partial charge in [-0.1, -0.05) is 0 Å². The lowest BCUT2D eigenvalue weighted by molar-refractivity contribution is -0.384. The summed E-state index contributed by atoms with van der Waals surface area (Å²) in [4.78, 5) is 10.5. The minimum Gasteiger partial charge on any atom is -0.373 e. The van der Waals surface area contributed by atoms with Crippen molar-refractivity contribution in [2.24, 2.45) is 0 Å². The predicted octanol–water partition coefficient (Wildman–Crippen LogP) is 2.66. The molecule has 0 saturated carbocycles. The van der Waals surface area contributed by atoms with Crippen molar-refractivity contribution in [3.63, 3.8) is 0 Å². The van der Waals surface area contributed by atoms with Crippen LogP contribution in [0.1, 0.15) is 13.3 Å². The third kappa shape index (κ3) is 2.62. The van der Waals surface area contributed by atoms with Gasteiger partial charge in [0.25, 0.3) is 5.69 Å². The lowest BCUT2D eigenvalue weighted by Crippen LogP contribution is -2.37. The number of benzene rings is 1. The standard InChI is InChI=1S/C11H13BrFN3O2/c1-11(2-3-14-6-11)15-9-5-8(13)7(12)4-10(9)16(17)18/h4-5,14-15H,2-3,6H2,1H3. The highest BCUT2D eigenvalue weighted by Gasteiger charge is 2.31. The SMILES string of the molecule is CC1(Nc2cc(F)c(Br)cc2[N+](=O)[O-])CCNC1. The van der Waals surface area contributed by atoms with Crippen molar-refractivity contribution in [1.82, 2.24) is 5.32 Å². The van der Waals surface area contributed by atoms with Gasteiger partial charge in [0.2, 0.25) is 0 Å². The minimum absolute atomic E-state index is 0.0921. The second-order valence-corrected chi connectivity index (χ2v) is 5.51. The fraction of sp³-hybridized carbons (Fsp3) is 0.455. The first-order valence-corrected chi connectivity index (χ1v) is 6.33. The molecule has 0 amide bonds. The number of rotatable bonds is 3. The molecule has 0 spiro atoms. The first kappa shape index (κ1) is 13.2. The average Bonchev–Trinajstić information content (AvgIpc) is 2.69. The van der Waals surface area contributed by atoms with Gasteiger partial charge >= 0.3 is 0 Å². The topological polar surface area (TPSA) is 67.2 Å². The molecule has 98 valence electrons. The summed E-state index contributed by atoms with van der Waals surface area (Å²) < 4.78 is 13.6. The fourth-order valence-corrected chi connectivity index (χ4v) is 2.37. The van der Waals surface area contributed by atoms with Gasteiger partial charge in [0.15, 0.2) is 0 Å². The van der Waals surface area contributed by atoms with Crippen LogP contribution in [-0.4, -0.2) is 23.6 Å². The molecule has 5 nitrogen and oxygen atoms in total.